The molecule has 0 aromatic heterocycles. The predicted octanol–water partition coefficient (Wildman–Crippen LogP) is 1.80. The zero-order valence-electron chi connectivity index (χ0n) is 6.86. The summed E-state index contributed by atoms with van der Waals surface area (Å²) in [4.78, 5) is 0.552. The molecule has 0 aromatic carbocycles. The molecule has 0 bridgehead atoms. The van der Waals surface area contributed by atoms with Gasteiger partial charge in [-0.15, -0.1) is 0 Å². The average Bonchev–Trinajstić information content (AvgIpc) is 2.88. The van der Waals surface area contributed by atoms with Gasteiger partial charge < -0.3 is 0 Å². The zero-order chi connectivity index (χ0) is 8.60. The van der Waals surface area contributed by atoms with Gasteiger partial charge in [0.2, 0.25) is 0 Å². The van der Waals surface area contributed by atoms with E-state index in [4.69, 9.17) is 0 Å². The summed E-state index contributed by atoms with van der Waals surface area (Å²) < 4.78 is 23.3. The topological polar surface area (TPSA) is 34.1 Å². The highest BCUT2D eigenvalue weighted by Gasteiger charge is 2.37. The van der Waals surface area contributed by atoms with Gasteiger partial charge in [-0.2, -0.15) is 0 Å². The lowest BCUT2D eigenvalue weighted by atomic mass is 10.2. The molecule has 0 heterocycles. The van der Waals surface area contributed by atoms with Crippen LogP contribution in [0.1, 0.15) is 25.7 Å². The summed E-state index contributed by atoms with van der Waals surface area (Å²) in [5.41, 5.74) is 0. The van der Waals surface area contributed by atoms with Gasteiger partial charge >= 0.3 is 0 Å². The van der Waals surface area contributed by atoms with Crippen molar-refractivity contribution in [2.75, 3.05) is 0 Å². The van der Waals surface area contributed by atoms with E-state index < -0.39 is 9.84 Å². The summed E-state index contributed by atoms with van der Waals surface area (Å²) in [7, 11) is -2.91. The SMILES string of the molecule is O=S(=O)(C1=CCCC=C1)C1CC1. The molecule has 0 saturated heterocycles. The quantitative estimate of drug-likeness (QED) is 0.655. The van der Waals surface area contributed by atoms with Crippen molar-refractivity contribution in [3.63, 3.8) is 0 Å². The summed E-state index contributed by atoms with van der Waals surface area (Å²) in [5.74, 6) is 0. The first-order chi connectivity index (χ1) is 5.71. The molecule has 2 rings (SSSR count). The van der Waals surface area contributed by atoms with Gasteiger partial charge in [0, 0.05) is 0 Å². The van der Waals surface area contributed by atoms with Gasteiger partial charge in [-0.3, -0.25) is 0 Å². The Hall–Kier alpha value is -0.570. The molecular weight excluding hydrogens is 172 g/mol. The van der Waals surface area contributed by atoms with Crippen molar-refractivity contribution < 1.29 is 8.42 Å². The van der Waals surface area contributed by atoms with E-state index in [1.807, 2.05) is 12.2 Å². The summed E-state index contributed by atoms with van der Waals surface area (Å²) >= 11 is 0. The lowest BCUT2D eigenvalue weighted by Gasteiger charge is -2.06. The van der Waals surface area contributed by atoms with Gasteiger partial charge in [0.15, 0.2) is 9.84 Å². The van der Waals surface area contributed by atoms with Crippen molar-refractivity contribution in [1.82, 2.24) is 0 Å². The van der Waals surface area contributed by atoms with Crippen LogP contribution < -0.4 is 0 Å². The van der Waals surface area contributed by atoms with Crippen LogP contribution in [0.3, 0.4) is 0 Å². The minimum absolute atomic E-state index is 0.0634. The lowest BCUT2D eigenvalue weighted by molar-refractivity contribution is 0.601. The molecule has 0 atom stereocenters. The van der Waals surface area contributed by atoms with Crippen LogP contribution in [0.2, 0.25) is 0 Å². The first-order valence-electron chi connectivity index (χ1n) is 4.32. The van der Waals surface area contributed by atoms with Crippen LogP contribution in [-0.2, 0) is 9.84 Å². The standard InChI is InChI=1S/C9H12O2S/c10-12(11,9-6-7-9)8-4-2-1-3-5-8/h2,4-5,9H,1,3,6-7H2. The molecule has 3 heteroatoms. The fourth-order valence-electron chi connectivity index (χ4n) is 1.37. The lowest BCUT2D eigenvalue weighted by Crippen LogP contribution is -2.09. The van der Waals surface area contributed by atoms with Crippen LogP contribution in [0.15, 0.2) is 23.1 Å². The molecule has 0 unspecified atom stereocenters. The van der Waals surface area contributed by atoms with Crippen LogP contribution in [0, 0.1) is 0 Å². The highest BCUT2D eigenvalue weighted by molar-refractivity contribution is 7.96. The van der Waals surface area contributed by atoms with E-state index in [-0.39, 0.29) is 5.25 Å². The van der Waals surface area contributed by atoms with Crippen molar-refractivity contribution >= 4 is 9.84 Å². The number of hydrogen-bond donors (Lipinski definition) is 0. The number of sulfone groups is 1. The van der Waals surface area contributed by atoms with Crippen molar-refractivity contribution in [2.45, 2.75) is 30.9 Å². The molecular formula is C9H12O2S. The molecule has 66 valence electrons. The monoisotopic (exact) mass is 184 g/mol. The predicted molar refractivity (Wildman–Crippen MR) is 48.4 cm³/mol. The van der Waals surface area contributed by atoms with Crippen LogP contribution in [0.4, 0.5) is 0 Å². The maximum atomic E-state index is 11.6. The van der Waals surface area contributed by atoms with Gasteiger partial charge in [-0.1, -0.05) is 12.2 Å². The van der Waals surface area contributed by atoms with Gasteiger partial charge in [0.05, 0.1) is 10.2 Å². The molecule has 2 aliphatic carbocycles. The normalized spacial score (nSPS) is 23.8. The van der Waals surface area contributed by atoms with Crippen LogP contribution in [0.5, 0.6) is 0 Å². The van der Waals surface area contributed by atoms with Gasteiger partial charge in [-0.25, -0.2) is 8.42 Å². The first kappa shape index (κ1) is 8.05. The van der Waals surface area contributed by atoms with Crippen molar-refractivity contribution in [3.05, 3.63) is 23.1 Å². The Morgan fingerprint density at radius 1 is 1.25 bits per heavy atom. The van der Waals surface area contributed by atoms with E-state index in [2.05, 4.69) is 0 Å². The second kappa shape index (κ2) is 2.73. The van der Waals surface area contributed by atoms with E-state index >= 15 is 0 Å². The smallest absolute Gasteiger partial charge is 0.180 e. The van der Waals surface area contributed by atoms with Crippen LogP contribution in [0.25, 0.3) is 0 Å². The summed E-state index contributed by atoms with van der Waals surface area (Å²) in [6.45, 7) is 0. The minimum atomic E-state index is -2.91. The molecule has 0 aromatic rings. The molecule has 1 fully saturated rings. The first-order valence-corrected chi connectivity index (χ1v) is 5.86. The van der Waals surface area contributed by atoms with Crippen LogP contribution >= 0.6 is 0 Å². The van der Waals surface area contributed by atoms with Crippen molar-refractivity contribution in [3.8, 4) is 0 Å². The van der Waals surface area contributed by atoms with E-state index in [1.54, 1.807) is 6.08 Å². The van der Waals surface area contributed by atoms with E-state index in [1.165, 1.54) is 0 Å². The van der Waals surface area contributed by atoms with Gasteiger partial charge in [0.25, 0.3) is 0 Å². The molecule has 12 heavy (non-hydrogen) atoms. The maximum Gasteiger partial charge on any atom is 0.180 e. The Bertz CT molecular complexity index is 332. The second-order valence-corrected chi connectivity index (χ2v) is 5.56. The Morgan fingerprint density at radius 2 is 2.00 bits per heavy atom. The third kappa shape index (κ3) is 1.33. The van der Waals surface area contributed by atoms with Crippen molar-refractivity contribution in [2.24, 2.45) is 0 Å². The third-order valence-electron chi connectivity index (χ3n) is 2.25. The number of rotatable bonds is 2. The number of allylic oxidation sites excluding steroid dienone is 3. The summed E-state index contributed by atoms with van der Waals surface area (Å²) in [5, 5.41) is -0.0634. The molecule has 1 saturated carbocycles. The Balaban J connectivity index is 2.28. The zero-order valence-corrected chi connectivity index (χ0v) is 7.68. The Labute approximate surface area is 72.9 Å². The second-order valence-electron chi connectivity index (χ2n) is 3.33. The molecule has 0 aliphatic heterocycles. The fourth-order valence-corrected chi connectivity index (χ4v) is 3.15. The molecule has 0 amide bonds. The highest BCUT2D eigenvalue weighted by Crippen LogP contribution is 2.34. The molecule has 2 nitrogen and oxygen atoms in total. The maximum absolute atomic E-state index is 11.6. The minimum Gasteiger partial charge on any atom is -0.223 e. The Morgan fingerprint density at radius 3 is 2.50 bits per heavy atom. The molecule has 2 aliphatic rings. The van der Waals surface area contributed by atoms with E-state index in [9.17, 15) is 8.42 Å². The highest BCUT2D eigenvalue weighted by atomic mass is 32.2. The molecule has 0 radical (unpaired) electrons. The average molecular weight is 184 g/mol. The van der Waals surface area contributed by atoms with Crippen molar-refractivity contribution in [1.29, 1.82) is 0 Å². The van der Waals surface area contributed by atoms with E-state index in [0.717, 1.165) is 25.7 Å². The fraction of sp³-hybridized carbons (Fsp3) is 0.556. The summed E-state index contributed by atoms with van der Waals surface area (Å²) in [6.07, 6.45) is 9.09. The summed E-state index contributed by atoms with van der Waals surface area (Å²) in [6, 6.07) is 0. The largest absolute Gasteiger partial charge is 0.223 e. The van der Waals surface area contributed by atoms with E-state index in [0.29, 0.717) is 4.91 Å². The number of hydrogen-bond acceptors (Lipinski definition) is 2. The van der Waals surface area contributed by atoms with Crippen LogP contribution in [-0.4, -0.2) is 13.7 Å². The third-order valence-corrected chi connectivity index (χ3v) is 4.56. The Kier molecular flexibility index (Phi) is 1.83. The molecule has 0 N–H and O–H groups in total. The van der Waals surface area contributed by atoms with Gasteiger partial charge in [-0.05, 0) is 31.8 Å². The molecule has 0 spiro atoms. The van der Waals surface area contributed by atoms with Gasteiger partial charge in [0.1, 0.15) is 0 Å².